The summed E-state index contributed by atoms with van der Waals surface area (Å²) < 4.78 is 11.3. The van der Waals surface area contributed by atoms with Crippen LogP contribution in [0.25, 0.3) is 0 Å². The normalized spacial score (nSPS) is 12.3. The first-order chi connectivity index (χ1) is 25.0. The van der Waals surface area contributed by atoms with E-state index in [1.165, 1.54) is 96.3 Å². The number of nitrogens with zero attached hydrogens (tertiary/aromatic N) is 1. The Morgan fingerprint density at radius 1 is 0.538 bits per heavy atom. The smallest absolute Gasteiger partial charge is 0.311 e. The molecular weight excluding hydrogens is 647 g/mol. The van der Waals surface area contributed by atoms with Crippen LogP contribution in [0.3, 0.4) is 0 Å². The van der Waals surface area contributed by atoms with Crippen molar-refractivity contribution in [2.45, 2.75) is 228 Å². The average molecular weight is 738 g/mol. The number of aliphatic hydroxyl groups is 1. The highest BCUT2D eigenvalue weighted by Crippen LogP contribution is 2.29. The highest BCUT2D eigenvalue weighted by atomic mass is 16.5. The third kappa shape index (κ3) is 31.2. The quantitative estimate of drug-likeness (QED) is 0.0500. The molecule has 1 N–H and O–H groups in total. The van der Waals surface area contributed by atoms with Gasteiger partial charge in [0.05, 0.1) is 25.2 Å². The molecule has 6 nitrogen and oxygen atoms in total. The number of rotatable bonds is 39. The van der Waals surface area contributed by atoms with E-state index in [2.05, 4.69) is 53.4 Å². The van der Waals surface area contributed by atoms with Crippen LogP contribution < -0.4 is 0 Å². The third-order valence-corrected chi connectivity index (χ3v) is 11.3. The molecule has 0 aliphatic heterocycles. The Balaban J connectivity index is 4.23. The lowest BCUT2D eigenvalue weighted by molar-refractivity contribution is -0.154. The summed E-state index contributed by atoms with van der Waals surface area (Å²) in [4.78, 5) is 27.6. The molecule has 310 valence electrons. The summed E-state index contributed by atoms with van der Waals surface area (Å²) in [6.07, 6.45) is 32.6. The lowest BCUT2D eigenvalue weighted by atomic mass is 9.83. The van der Waals surface area contributed by atoms with Crippen molar-refractivity contribution in [1.82, 2.24) is 4.90 Å². The number of carbonyl (C=O) groups is 2. The summed E-state index contributed by atoms with van der Waals surface area (Å²) in [6, 6.07) is 0. The summed E-state index contributed by atoms with van der Waals surface area (Å²) in [5.41, 5.74) is -0.223. The molecule has 0 radical (unpaired) electrons. The van der Waals surface area contributed by atoms with Crippen LogP contribution in [0.15, 0.2) is 0 Å². The molecular formula is C46H91NO5. The van der Waals surface area contributed by atoms with E-state index in [1.54, 1.807) is 0 Å². The van der Waals surface area contributed by atoms with Gasteiger partial charge in [0.2, 0.25) is 0 Å². The zero-order valence-corrected chi connectivity index (χ0v) is 36.1. The maximum absolute atomic E-state index is 13.0. The Morgan fingerprint density at radius 2 is 1.08 bits per heavy atom. The summed E-state index contributed by atoms with van der Waals surface area (Å²) in [7, 11) is 0. The van der Waals surface area contributed by atoms with Crippen molar-refractivity contribution < 1.29 is 24.2 Å². The highest BCUT2D eigenvalue weighted by molar-refractivity contribution is 5.75. The monoisotopic (exact) mass is 738 g/mol. The molecule has 0 spiro atoms. The van der Waals surface area contributed by atoms with Gasteiger partial charge in [0.1, 0.15) is 0 Å². The van der Waals surface area contributed by atoms with Crippen LogP contribution in [0.1, 0.15) is 228 Å². The van der Waals surface area contributed by atoms with Crippen molar-refractivity contribution >= 4 is 11.9 Å². The molecule has 0 bridgehead atoms. The SMILES string of the molecule is CCCCCCCCCOC(=O)CCCCC(C)(C)CCN(CCO)CCCCCCC(C)(C)C(=O)OCCC(CCCCCC)CCCCCC. The number of hydrogen-bond acceptors (Lipinski definition) is 6. The Labute approximate surface area is 324 Å². The predicted molar refractivity (Wildman–Crippen MR) is 223 cm³/mol. The van der Waals surface area contributed by atoms with Crippen LogP contribution >= 0.6 is 0 Å². The van der Waals surface area contributed by atoms with Crippen LogP contribution in [0, 0.1) is 16.7 Å². The van der Waals surface area contributed by atoms with Gasteiger partial charge in [-0.1, -0.05) is 163 Å². The van der Waals surface area contributed by atoms with Gasteiger partial charge in [-0.2, -0.15) is 0 Å². The zero-order chi connectivity index (χ0) is 38.8. The third-order valence-electron chi connectivity index (χ3n) is 11.3. The molecule has 0 unspecified atom stereocenters. The van der Waals surface area contributed by atoms with E-state index in [4.69, 9.17) is 9.47 Å². The number of aliphatic hydroxyl groups excluding tert-OH is 1. The maximum atomic E-state index is 13.0. The average Bonchev–Trinajstić information content (AvgIpc) is 3.11. The van der Waals surface area contributed by atoms with Gasteiger partial charge in [-0.3, -0.25) is 9.59 Å². The molecule has 0 atom stereocenters. The summed E-state index contributed by atoms with van der Waals surface area (Å²) in [6.45, 7) is 19.6. The van der Waals surface area contributed by atoms with Crippen molar-refractivity contribution in [2.24, 2.45) is 16.7 Å². The van der Waals surface area contributed by atoms with Crippen LogP contribution in [0.2, 0.25) is 0 Å². The largest absolute Gasteiger partial charge is 0.466 e. The first kappa shape index (κ1) is 50.9. The minimum absolute atomic E-state index is 0.0290. The Morgan fingerprint density at radius 3 is 1.69 bits per heavy atom. The zero-order valence-electron chi connectivity index (χ0n) is 36.1. The van der Waals surface area contributed by atoms with E-state index in [0.29, 0.717) is 25.6 Å². The summed E-state index contributed by atoms with van der Waals surface area (Å²) in [5, 5.41) is 9.69. The fraction of sp³-hybridized carbons (Fsp3) is 0.957. The Kier molecular flexibility index (Phi) is 33.6. The molecule has 0 saturated heterocycles. The second kappa shape index (κ2) is 34.4. The molecule has 0 heterocycles. The molecule has 52 heavy (non-hydrogen) atoms. The van der Waals surface area contributed by atoms with Crippen LogP contribution in [0.4, 0.5) is 0 Å². The van der Waals surface area contributed by atoms with Gasteiger partial charge in [-0.15, -0.1) is 0 Å². The van der Waals surface area contributed by atoms with Crippen molar-refractivity contribution in [3.05, 3.63) is 0 Å². The van der Waals surface area contributed by atoms with Crippen molar-refractivity contribution in [3.63, 3.8) is 0 Å². The van der Waals surface area contributed by atoms with Gasteiger partial charge < -0.3 is 19.5 Å². The van der Waals surface area contributed by atoms with Gasteiger partial charge in [0, 0.05) is 13.0 Å². The summed E-state index contributed by atoms with van der Waals surface area (Å²) >= 11 is 0. The molecule has 0 aromatic carbocycles. The first-order valence-electron chi connectivity index (χ1n) is 22.7. The number of hydrogen-bond donors (Lipinski definition) is 1. The van der Waals surface area contributed by atoms with E-state index in [1.807, 2.05) is 0 Å². The van der Waals surface area contributed by atoms with Crippen LogP contribution in [-0.4, -0.2) is 61.4 Å². The number of unbranched alkanes of at least 4 members (excludes halogenated alkanes) is 16. The Bertz CT molecular complexity index is 801. The van der Waals surface area contributed by atoms with E-state index in [0.717, 1.165) is 96.7 Å². The number of esters is 2. The van der Waals surface area contributed by atoms with Crippen molar-refractivity contribution in [3.8, 4) is 0 Å². The molecule has 0 aliphatic carbocycles. The highest BCUT2D eigenvalue weighted by Gasteiger charge is 2.29. The fourth-order valence-corrected chi connectivity index (χ4v) is 7.28. The van der Waals surface area contributed by atoms with E-state index < -0.39 is 5.41 Å². The second-order valence-electron chi connectivity index (χ2n) is 17.6. The lowest BCUT2D eigenvalue weighted by Crippen LogP contribution is -2.32. The minimum Gasteiger partial charge on any atom is -0.466 e. The molecule has 0 aromatic rings. The second-order valence-corrected chi connectivity index (χ2v) is 17.6. The molecule has 6 heteroatoms. The molecule has 0 aromatic heterocycles. The van der Waals surface area contributed by atoms with Crippen molar-refractivity contribution in [2.75, 3.05) is 39.5 Å². The molecule has 0 amide bonds. The van der Waals surface area contributed by atoms with E-state index in [9.17, 15) is 14.7 Å². The van der Waals surface area contributed by atoms with Crippen LogP contribution in [0.5, 0.6) is 0 Å². The van der Waals surface area contributed by atoms with E-state index >= 15 is 0 Å². The van der Waals surface area contributed by atoms with Crippen LogP contribution in [-0.2, 0) is 19.1 Å². The predicted octanol–water partition coefficient (Wildman–Crippen LogP) is 13.0. The molecule has 0 fully saturated rings. The number of ether oxygens (including phenoxy) is 2. The molecule has 0 rings (SSSR count). The van der Waals surface area contributed by atoms with Gasteiger partial charge in [-0.05, 0) is 83.2 Å². The molecule has 0 aliphatic rings. The van der Waals surface area contributed by atoms with Gasteiger partial charge in [0.15, 0.2) is 0 Å². The topological polar surface area (TPSA) is 76.1 Å². The van der Waals surface area contributed by atoms with Gasteiger partial charge in [-0.25, -0.2) is 0 Å². The van der Waals surface area contributed by atoms with Crippen molar-refractivity contribution in [1.29, 1.82) is 0 Å². The van der Waals surface area contributed by atoms with Gasteiger partial charge >= 0.3 is 11.9 Å². The molecule has 0 saturated carbocycles. The van der Waals surface area contributed by atoms with Gasteiger partial charge in [0.25, 0.3) is 0 Å². The maximum Gasteiger partial charge on any atom is 0.311 e. The minimum atomic E-state index is -0.431. The van der Waals surface area contributed by atoms with E-state index in [-0.39, 0.29) is 24.0 Å². The Hall–Kier alpha value is -1.14. The standard InChI is InChI=1S/C46H91NO5/c1-8-11-14-17-18-21-28-40-51-43(49)31-24-26-33-45(4,5)35-37-47(38-39-48)36-27-20-19-25-34-46(6,7)44(50)52-41-32-42(29-22-15-12-9-2)30-23-16-13-10-3/h42,48H,8-41H2,1-7H3. The fourth-order valence-electron chi connectivity index (χ4n) is 7.28. The summed E-state index contributed by atoms with van der Waals surface area (Å²) in [5.74, 6) is 0.619. The first-order valence-corrected chi connectivity index (χ1v) is 22.7. The lowest BCUT2D eigenvalue weighted by Gasteiger charge is -2.29. The number of carbonyl (C=O) groups excluding carboxylic acids is 2.